The molecule has 3 aromatic rings. The molecule has 1 heterocycles. The topological polar surface area (TPSA) is 137 Å². The number of carboxylic acids is 1. The van der Waals surface area contributed by atoms with Gasteiger partial charge in [0.15, 0.2) is 6.61 Å². The maximum absolute atomic E-state index is 13.1. The lowest BCUT2D eigenvalue weighted by Gasteiger charge is -2.12. The summed E-state index contributed by atoms with van der Waals surface area (Å²) in [4.78, 5) is 39.0. The molecule has 0 saturated heterocycles. The Morgan fingerprint density at radius 2 is 2.10 bits per heavy atom. The number of aromatic nitrogens is 2. The Morgan fingerprint density at radius 1 is 1.35 bits per heavy atom. The number of carboxylic acid groups (broad SMARTS) is 1. The van der Waals surface area contributed by atoms with Crippen LogP contribution in [0.3, 0.4) is 0 Å². The number of non-ortho nitro benzene ring substituents is 1. The van der Waals surface area contributed by atoms with Crippen LogP contribution in [0, 0.1) is 10.1 Å². The molecule has 0 bridgehead atoms. The number of benzene rings is 2. The van der Waals surface area contributed by atoms with Crippen molar-refractivity contribution < 1.29 is 19.6 Å². The fourth-order valence-corrected chi connectivity index (χ4v) is 3.15. The van der Waals surface area contributed by atoms with E-state index in [4.69, 9.17) is 9.84 Å². The molecule has 0 fully saturated rings. The van der Waals surface area contributed by atoms with Crippen molar-refractivity contribution in [2.75, 3.05) is 6.61 Å². The predicted molar refractivity (Wildman–Crippen MR) is 117 cm³/mol. The van der Waals surface area contributed by atoms with Crippen LogP contribution < -0.4 is 10.3 Å². The van der Waals surface area contributed by atoms with Gasteiger partial charge in [0, 0.05) is 28.1 Å². The maximum atomic E-state index is 13.1. The van der Waals surface area contributed by atoms with E-state index in [1.165, 1.54) is 24.4 Å². The lowest BCUT2D eigenvalue weighted by molar-refractivity contribution is -0.384. The lowest BCUT2D eigenvalue weighted by atomic mass is 10.2. The molecule has 0 unspecified atom stereocenters. The molecule has 1 aromatic heterocycles. The van der Waals surface area contributed by atoms with E-state index in [1.54, 1.807) is 18.2 Å². The van der Waals surface area contributed by atoms with Gasteiger partial charge in [0.1, 0.15) is 11.6 Å². The molecule has 0 atom stereocenters. The average molecular weight is 489 g/mol. The first-order valence-electron chi connectivity index (χ1n) is 9.07. The summed E-state index contributed by atoms with van der Waals surface area (Å²) in [5.74, 6) is -0.878. The van der Waals surface area contributed by atoms with Crippen molar-refractivity contribution in [2.24, 2.45) is 5.10 Å². The molecule has 0 amide bonds. The highest BCUT2D eigenvalue weighted by molar-refractivity contribution is 9.10. The molecular weight excluding hydrogens is 472 g/mol. The molecule has 0 aliphatic rings. The predicted octanol–water partition coefficient (Wildman–Crippen LogP) is 3.54. The van der Waals surface area contributed by atoms with Crippen LogP contribution in [0.15, 0.2) is 50.8 Å². The highest BCUT2D eigenvalue weighted by Gasteiger charge is 2.15. The number of nitrogens with zero attached hydrogens (tertiary/aromatic N) is 4. The molecule has 0 spiro atoms. The summed E-state index contributed by atoms with van der Waals surface area (Å²) < 4.78 is 7.02. The smallest absolute Gasteiger partial charge is 0.341 e. The first-order valence-corrected chi connectivity index (χ1v) is 9.86. The summed E-state index contributed by atoms with van der Waals surface area (Å²) in [5.41, 5.74) is 0.0152. The van der Waals surface area contributed by atoms with Crippen molar-refractivity contribution >= 4 is 44.7 Å². The number of ether oxygens (including phenoxy) is 1. The maximum Gasteiger partial charge on any atom is 0.341 e. The zero-order valence-electron chi connectivity index (χ0n) is 16.5. The SMILES string of the molecule is CC(C)c1nc2ccc(Br)cc2c(=O)n1N=Cc1cc([N+](=O)[O-])ccc1OCC(=O)O. The number of hydrogen-bond donors (Lipinski definition) is 1. The quantitative estimate of drug-likeness (QED) is 0.305. The van der Waals surface area contributed by atoms with Crippen LogP contribution in [-0.2, 0) is 4.79 Å². The fourth-order valence-electron chi connectivity index (χ4n) is 2.79. The Balaban J connectivity index is 2.16. The van der Waals surface area contributed by atoms with Crippen molar-refractivity contribution in [3.63, 3.8) is 0 Å². The Hall–Kier alpha value is -3.60. The third kappa shape index (κ3) is 4.94. The monoisotopic (exact) mass is 488 g/mol. The van der Waals surface area contributed by atoms with Gasteiger partial charge in [-0.15, -0.1) is 0 Å². The summed E-state index contributed by atoms with van der Waals surface area (Å²) in [7, 11) is 0. The molecule has 31 heavy (non-hydrogen) atoms. The number of rotatable bonds is 7. The minimum absolute atomic E-state index is 0.0763. The van der Waals surface area contributed by atoms with Crippen molar-refractivity contribution in [3.05, 3.63) is 72.7 Å². The average Bonchev–Trinajstić information content (AvgIpc) is 2.71. The van der Waals surface area contributed by atoms with Crippen molar-refractivity contribution in [2.45, 2.75) is 19.8 Å². The van der Waals surface area contributed by atoms with Crippen LogP contribution in [0.2, 0.25) is 0 Å². The van der Waals surface area contributed by atoms with Gasteiger partial charge < -0.3 is 9.84 Å². The molecule has 0 aliphatic heterocycles. The summed E-state index contributed by atoms with van der Waals surface area (Å²) >= 11 is 3.33. The van der Waals surface area contributed by atoms with E-state index in [1.807, 2.05) is 13.8 Å². The Kier molecular flexibility index (Phi) is 6.44. The summed E-state index contributed by atoms with van der Waals surface area (Å²) in [5, 5.41) is 24.5. The van der Waals surface area contributed by atoms with Crippen LogP contribution in [-0.4, -0.2) is 38.5 Å². The zero-order valence-corrected chi connectivity index (χ0v) is 18.1. The molecule has 0 saturated carbocycles. The second-order valence-electron chi connectivity index (χ2n) is 6.81. The zero-order chi connectivity index (χ0) is 22.7. The van der Waals surface area contributed by atoms with Crippen LogP contribution >= 0.6 is 15.9 Å². The number of nitro groups is 1. The molecule has 0 aliphatic carbocycles. The molecule has 11 heteroatoms. The Labute approximate surface area is 184 Å². The van der Waals surface area contributed by atoms with Gasteiger partial charge in [-0.05, 0) is 24.3 Å². The largest absolute Gasteiger partial charge is 0.481 e. The lowest BCUT2D eigenvalue weighted by Crippen LogP contribution is -2.23. The highest BCUT2D eigenvalue weighted by Crippen LogP contribution is 2.23. The Bertz CT molecular complexity index is 1270. The van der Waals surface area contributed by atoms with Crippen LogP contribution in [0.5, 0.6) is 5.75 Å². The van der Waals surface area contributed by atoms with Gasteiger partial charge in [0.2, 0.25) is 0 Å². The van der Waals surface area contributed by atoms with Gasteiger partial charge >= 0.3 is 5.97 Å². The number of nitro benzene ring substituents is 1. The van der Waals surface area contributed by atoms with E-state index in [9.17, 15) is 19.7 Å². The summed E-state index contributed by atoms with van der Waals surface area (Å²) in [6, 6.07) is 8.79. The van der Waals surface area contributed by atoms with E-state index < -0.39 is 23.1 Å². The number of carbonyl (C=O) groups is 1. The standard InChI is InChI=1S/C20H17BrN4O6/c1-11(2)19-23-16-5-3-13(21)8-15(16)20(28)24(19)22-9-12-7-14(25(29)30)4-6-17(12)31-10-18(26)27/h3-9,11H,10H2,1-2H3,(H,26,27). The van der Waals surface area contributed by atoms with Gasteiger partial charge in [-0.3, -0.25) is 14.9 Å². The molecule has 2 aromatic carbocycles. The highest BCUT2D eigenvalue weighted by atomic mass is 79.9. The minimum atomic E-state index is -1.20. The fraction of sp³-hybridized carbons (Fsp3) is 0.200. The third-order valence-corrected chi connectivity index (χ3v) is 4.71. The van der Waals surface area contributed by atoms with Crippen molar-refractivity contribution in [3.8, 4) is 5.75 Å². The second kappa shape index (κ2) is 9.04. The van der Waals surface area contributed by atoms with E-state index in [-0.39, 0.29) is 22.9 Å². The molecule has 1 N–H and O–H groups in total. The molecule has 3 rings (SSSR count). The second-order valence-corrected chi connectivity index (χ2v) is 7.73. The number of aliphatic carboxylic acids is 1. The Morgan fingerprint density at radius 3 is 2.74 bits per heavy atom. The van der Waals surface area contributed by atoms with Crippen LogP contribution in [0.25, 0.3) is 10.9 Å². The van der Waals surface area contributed by atoms with Gasteiger partial charge in [0.05, 0.1) is 22.0 Å². The normalized spacial score (nSPS) is 11.4. The van der Waals surface area contributed by atoms with E-state index >= 15 is 0 Å². The molecule has 10 nitrogen and oxygen atoms in total. The first kappa shape index (κ1) is 22.1. The first-order chi connectivity index (χ1) is 14.7. The van der Waals surface area contributed by atoms with Gasteiger partial charge in [-0.2, -0.15) is 9.78 Å². The third-order valence-electron chi connectivity index (χ3n) is 4.22. The van der Waals surface area contributed by atoms with Gasteiger partial charge in [-0.25, -0.2) is 9.78 Å². The molecular formula is C20H17BrN4O6. The number of hydrogen-bond acceptors (Lipinski definition) is 7. The minimum Gasteiger partial charge on any atom is -0.481 e. The number of halogens is 1. The van der Waals surface area contributed by atoms with Crippen LogP contribution in [0.4, 0.5) is 5.69 Å². The van der Waals surface area contributed by atoms with Crippen molar-refractivity contribution in [1.29, 1.82) is 0 Å². The van der Waals surface area contributed by atoms with E-state index in [0.717, 1.165) is 4.68 Å². The van der Waals surface area contributed by atoms with E-state index in [0.29, 0.717) is 21.2 Å². The van der Waals surface area contributed by atoms with Gasteiger partial charge in [-0.1, -0.05) is 29.8 Å². The molecule has 0 radical (unpaired) electrons. The summed E-state index contributed by atoms with van der Waals surface area (Å²) in [6.45, 7) is 3.07. The van der Waals surface area contributed by atoms with Crippen molar-refractivity contribution in [1.82, 2.24) is 9.66 Å². The van der Waals surface area contributed by atoms with Crippen LogP contribution in [0.1, 0.15) is 31.2 Å². The number of fused-ring (bicyclic) bond motifs is 1. The van der Waals surface area contributed by atoms with E-state index in [2.05, 4.69) is 26.0 Å². The van der Waals surface area contributed by atoms with Gasteiger partial charge in [0.25, 0.3) is 11.2 Å². The summed E-state index contributed by atoms with van der Waals surface area (Å²) in [6.07, 6.45) is 1.21. The molecule has 160 valence electrons.